The highest BCUT2D eigenvalue weighted by Gasteiger charge is 2.30. The first-order valence-corrected chi connectivity index (χ1v) is 10.2. The normalized spacial score (nSPS) is 11.2. The molecule has 1 N–H and O–H groups in total. The molecule has 0 aliphatic carbocycles. The predicted molar refractivity (Wildman–Crippen MR) is 117 cm³/mol. The first kappa shape index (κ1) is 22.1. The van der Waals surface area contributed by atoms with E-state index in [1.54, 1.807) is 24.5 Å². The molecule has 7 nitrogen and oxygen atoms in total. The maximum absolute atomic E-state index is 13.0. The van der Waals surface area contributed by atoms with E-state index in [2.05, 4.69) is 15.3 Å². The van der Waals surface area contributed by atoms with E-state index in [0.717, 1.165) is 23.5 Å². The Morgan fingerprint density at radius 2 is 1.70 bits per heavy atom. The number of hydrogen-bond acceptors (Lipinski definition) is 6. The summed E-state index contributed by atoms with van der Waals surface area (Å²) in [5.74, 6) is -0.652. The second-order valence-electron chi connectivity index (χ2n) is 6.77. The largest absolute Gasteiger partial charge is 0.416 e. The summed E-state index contributed by atoms with van der Waals surface area (Å²) >= 11 is 1.05. The molecule has 1 amide bonds. The van der Waals surface area contributed by atoms with Gasteiger partial charge in [0, 0.05) is 41.3 Å². The summed E-state index contributed by atoms with van der Waals surface area (Å²) in [4.78, 5) is 32.1. The van der Waals surface area contributed by atoms with Crippen molar-refractivity contribution in [2.45, 2.75) is 6.18 Å². The number of nitrogens with one attached hydrogen (secondary N) is 1. The van der Waals surface area contributed by atoms with E-state index >= 15 is 0 Å². The van der Waals surface area contributed by atoms with Gasteiger partial charge >= 0.3 is 6.18 Å². The minimum Gasteiger partial charge on any atom is -0.321 e. The summed E-state index contributed by atoms with van der Waals surface area (Å²) < 4.78 is 39.1. The quantitative estimate of drug-likeness (QED) is 0.283. The number of rotatable bonds is 5. The molecule has 11 heteroatoms. The lowest BCUT2D eigenvalue weighted by atomic mass is 10.1. The van der Waals surface area contributed by atoms with Crippen molar-refractivity contribution >= 4 is 28.6 Å². The van der Waals surface area contributed by atoms with Crippen LogP contribution in [-0.2, 0) is 6.18 Å². The first-order chi connectivity index (χ1) is 15.7. The van der Waals surface area contributed by atoms with Crippen LogP contribution in [0.5, 0.6) is 0 Å². The number of amides is 1. The molecule has 0 bridgehead atoms. The van der Waals surface area contributed by atoms with Crippen LogP contribution in [-0.4, -0.2) is 20.8 Å². The zero-order valence-electron chi connectivity index (χ0n) is 16.5. The smallest absolute Gasteiger partial charge is 0.321 e. The number of aromatic nitrogens is 2. The Hall–Kier alpha value is -4.12. The molecule has 0 spiro atoms. The SMILES string of the molecule is O=C(Nc1cccc(C(F)(F)F)c1)c1sc(-c2ccncc2)nc1-c1ccc([N+](=O)[O-])cc1. The molecule has 4 rings (SSSR count). The predicted octanol–water partition coefficient (Wildman–Crippen LogP) is 6.05. The van der Waals surface area contributed by atoms with Gasteiger partial charge < -0.3 is 5.32 Å². The summed E-state index contributed by atoms with van der Waals surface area (Å²) in [5, 5.41) is 13.9. The Morgan fingerprint density at radius 1 is 1.00 bits per heavy atom. The van der Waals surface area contributed by atoms with Crippen LogP contribution >= 0.6 is 11.3 Å². The molecule has 166 valence electrons. The molecule has 2 heterocycles. The number of pyridine rings is 1. The first-order valence-electron chi connectivity index (χ1n) is 9.37. The van der Waals surface area contributed by atoms with Crippen molar-refractivity contribution in [1.29, 1.82) is 0 Å². The van der Waals surface area contributed by atoms with E-state index in [1.165, 1.54) is 36.4 Å². The molecule has 0 radical (unpaired) electrons. The highest BCUT2D eigenvalue weighted by Crippen LogP contribution is 2.35. The van der Waals surface area contributed by atoms with Crippen LogP contribution in [0.3, 0.4) is 0 Å². The second kappa shape index (κ2) is 8.79. The molecule has 0 fully saturated rings. The summed E-state index contributed by atoms with van der Waals surface area (Å²) in [5.41, 5.74) is 0.355. The number of alkyl halides is 3. The van der Waals surface area contributed by atoms with Crippen molar-refractivity contribution in [2.24, 2.45) is 0 Å². The van der Waals surface area contributed by atoms with Gasteiger partial charge in [-0.05, 0) is 42.5 Å². The molecule has 0 aliphatic rings. The van der Waals surface area contributed by atoms with Crippen LogP contribution in [0.2, 0.25) is 0 Å². The number of nitro groups is 1. The number of nitrogens with zero attached hydrogens (tertiary/aromatic N) is 3. The zero-order chi connectivity index (χ0) is 23.6. The van der Waals surface area contributed by atoms with Crippen molar-refractivity contribution in [3.63, 3.8) is 0 Å². The number of nitro benzene ring substituents is 1. The van der Waals surface area contributed by atoms with Crippen LogP contribution < -0.4 is 5.32 Å². The summed E-state index contributed by atoms with van der Waals surface area (Å²) in [6, 6.07) is 13.2. The lowest BCUT2D eigenvalue weighted by molar-refractivity contribution is -0.384. The average molecular weight is 470 g/mol. The van der Waals surface area contributed by atoms with E-state index in [9.17, 15) is 28.1 Å². The number of anilines is 1. The third kappa shape index (κ3) is 4.88. The van der Waals surface area contributed by atoms with E-state index < -0.39 is 22.6 Å². The van der Waals surface area contributed by atoms with Gasteiger partial charge in [-0.15, -0.1) is 11.3 Å². The third-order valence-corrected chi connectivity index (χ3v) is 5.66. The van der Waals surface area contributed by atoms with E-state index in [4.69, 9.17) is 0 Å². The summed E-state index contributed by atoms with van der Waals surface area (Å²) in [6.07, 6.45) is -1.43. The van der Waals surface area contributed by atoms with E-state index in [-0.39, 0.29) is 21.9 Å². The van der Waals surface area contributed by atoms with Gasteiger partial charge in [-0.1, -0.05) is 6.07 Å². The average Bonchev–Trinajstić information content (AvgIpc) is 3.25. The lowest BCUT2D eigenvalue weighted by Crippen LogP contribution is -2.13. The highest BCUT2D eigenvalue weighted by atomic mass is 32.1. The maximum Gasteiger partial charge on any atom is 0.416 e. The maximum atomic E-state index is 13.0. The molecule has 2 aromatic heterocycles. The van der Waals surface area contributed by atoms with E-state index in [0.29, 0.717) is 16.1 Å². The van der Waals surface area contributed by atoms with Crippen molar-refractivity contribution in [1.82, 2.24) is 9.97 Å². The molecule has 33 heavy (non-hydrogen) atoms. The van der Waals surface area contributed by atoms with Crippen molar-refractivity contribution < 1.29 is 22.9 Å². The van der Waals surface area contributed by atoms with Gasteiger partial charge in [0.2, 0.25) is 0 Å². The standard InChI is InChI=1S/C22H13F3N4O3S/c23-22(24,25)15-2-1-3-16(12-15)27-20(30)19-18(13-4-6-17(7-5-13)29(31)32)28-21(33-19)14-8-10-26-11-9-14/h1-12H,(H,27,30). The van der Waals surface area contributed by atoms with Gasteiger partial charge in [-0.3, -0.25) is 19.9 Å². The van der Waals surface area contributed by atoms with E-state index in [1.807, 2.05) is 0 Å². The second-order valence-corrected chi connectivity index (χ2v) is 7.77. The lowest BCUT2D eigenvalue weighted by Gasteiger charge is -2.10. The molecular formula is C22H13F3N4O3S. The molecule has 0 atom stereocenters. The van der Waals surface area contributed by atoms with Crippen LogP contribution in [0.4, 0.5) is 24.5 Å². The van der Waals surface area contributed by atoms with Crippen molar-refractivity contribution in [3.8, 4) is 21.8 Å². The third-order valence-electron chi connectivity index (χ3n) is 4.56. The Balaban J connectivity index is 1.74. The Bertz CT molecular complexity index is 1320. The number of halogens is 3. The number of non-ortho nitro benzene ring substituents is 1. The minimum atomic E-state index is -4.55. The van der Waals surface area contributed by atoms with Crippen LogP contribution in [0.25, 0.3) is 21.8 Å². The van der Waals surface area contributed by atoms with Crippen molar-refractivity contribution in [3.05, 3.63) is 93.6 Å². The van der Waals surface area contributed by atoms with Gasteiger partial charge in [0.05, 0.1) is 16.2 Å². The van der Waals surface area contributed by atoms with Crippen molar-refractivity contribution in [2.75, 3.05) is 5.32 Å². The van der Waals surface area contributed by atoms with Gasteiger partial charge in [-0.25, -0.2) is 4.98 Å². The molecule has 2 aromatic carbocycles. The molecule has 0 aliphatic heterocycles. The molecular weight excluding hydrogens is 457 g/mol. The van der Waals surface area contributed by atoms with Gasteiger partial charge in [-0.2, -0.15) is 13.2 Å². The van der Waals surface area contributed by atoms with Crippen LogP contribution in [0.15, 0.2) is 73.1 Å². The van der Waals surface area contributed by atoms with Gasteiger partial charge in [0.1, 0.15) is 9.88 Å². The summed E-state index contributed by atoms with van der Waals surface area (Å²) in [7, 11) is 0. The fourth-order valence-corrected chi connectivity index (χ4v) is 3.98. The Kier molecular flexibility index (Phi) is 5.88. The number of carbonyl (C=O) groups is 1. The number of hydrogen-bond donors (Lipinski definition) is 1. The van der Waals surface area contributed by atoms with Gasteiger partial charge in [0.25, 0.3) is 11.6 Å². The molecule has 0 unspecified atom stereocenters. The zero-order valence-corrected chi connectivity index (χ0v) is 17.4. The number of carbonyl (C=O) groups excluding carboxylic acids is 1. The highest BCUT2D eigenvalue weighted by molar-refractivity contribution is 7.17. The fourth-order valence-electron chi connectivity index (χ4n) is 2.99. The summed E-state index contributed by atoms with van der Waals surface area (Å²) in [6.45, 7) is 0. The Labute approximate surface area is 188 Å². The molecule has 4 aromatic rings. The number of thiazole rings is 1. The fraction of sp³-hybridized carbons (Fsp3) is 0.0455. The van der Waals surface area contributed by atoms with Gasteiger partial charge in [0.15, 0.2) is 0 Å². The number of benzene rings is 2. The topological polar surface area (TPSA) is 98.0 Å². The molecule has 0 saturated carbocycles. The Morgan fingerprint density at radius 3 is 2.33 bits per heavy atom. The van der Waals surface area contributed by atoms with Crippen LogP contribution in [0.1, 0.15) is 15.2 Å². The van der Waals surface area contributed by atoms with Crippen LogP contribution in [0, 0.1) is 10.1 Å². The minimum absolute atomic E-state index is 0.0247. The monoisotopic (exact) mass is 470 g/mol. The molecule has 0 saturated heterocycles.